The van der Waals surface area contributed by atoms with Gasteiger partial charge >= 0.3 is 21.2 Å². The minimum Gasteiger partial charge on any atom is -0.460 e. The topological polar surface area (TPSA) is 119 Å². The van der Waals surface area contributed by atoms with Crippen LogP contribution in [0, 0.1) is 0 Å². The van der Waals surface area contributed by atoms with E-state index in [9.17, 15) is 23.7 Å². The summed E-state index contributed by atoms with van der Waals surface area (Å²) in [6, 6.07) is 8.54. The standard InChI is InChI=1S/C13H20O8P2/c1-3-20-23(18,21-4-2)13(22(15,16)17)12(14)19-10-11-8-6-5-7-9-11/h5-9,13H,3-4,10H2,1-2H3,(H2,15,16,17). The molecule has 0 heterocycles. The number of hydrogen-bond acceptors (Lipinski definition) is 6. The Labute approximate surface area is 134 Å². The molecule has 0 saturated carbocycles. The molecule has 8 nitrogen and oxygen atoms in total. The van der Waals surface area contributed by atoms with Crippen molar-refractivity contribution in [3.05, 3.63) is 35.9 Å². The molecular formula is C13H20O8P2. The highest BCUT2D eigenvalue weighted by Crippen LogP contribution is 2.66. The number of ether oxygens (including phenoxy) is 1. The molecule has 0 bridgehead atoms. The van der Waals surface area contributed by atoms with Crippen LogP contribution in [0.1, 0.15) is 19.4 Å². The van der Waals surface area contributed by atoms with Crippen LogP contribution in [0.25, 0.3) is 0 Å². The number of benzene rings is 1. The van der Waals surface area contributed by atoms with E-state index in [4.69, 9.17) is 13.8 Å². The lowest BCUT2D eigenvalue weighted by molar-refractivity contribution is -0.143. The summed E-state index contributed by atoms with van der Waals surface area (Å²) in [6.45, 7) is 2.45. The number of carbonyl (C=O) groups is 1. The number of rotatable bonds is 9. The van der Waals surface area contributed by atoms with Gasteiger partial charge in [0.2, 0.25) is 0 Å². The molecule has 1 aromatic carbocycles. The van der Waals surface area contributed by atoms with E-state index in [0.717, 1.165) is 0 Å². The van der Waals surface area contributed by atoms with E-state index in [-0.39, 0.29) is 19.8 Å². The number of hydrogen-bond donors (Lipinski definition) is 2. The van der Waals surface area contributed by atoms with Crippen LogP contribution in [0.4, 0.5) is 0 Å². The summed E-state index contributed by atoms with van der Waals surface area (Å²) in [7, 11) is -9.49. The maximum atomic E-state index is 12.6. The molecule has 0 spiro atoms. The van der Waals surface area contributed by atoms with Gasteiger partial charge in [-0.1, -0.05) is 30.3 Å². The third-order valence-electron chi connectivity index (χ3n) is 2.67. The van der Waals surface area contributed by atoms with E-state index in [1.54, 1.807) is 30.3 Å². The maximum absolute atomic E-state index is 12.6. The molecule has 1 unspecified atom stereocenters. The summed E-state index contributed by atoms with van der Waals surface area (Å²) in [6.07, 6.45) is 0. The average molecular weight is 366 g/mol. The van der Waals surface area contributed by atoms with Gasteiger partial charge < -0.3 is 23.6 Å². The quantitative estimate of drug-likeness (QED) is 0.505. The first kappa shape index (κ1) is 20.0. The summed E-state index contributed by atoms with van der Waals surface area (Å²) in [4.78, 5) is 30.9. The minimum absolute atomic E-state index is 0.139. The number of carbonyl (C=O) groups excluding carboxylic acids is 1. The maximum Gasteiger partial charge on any atom is 0.357 e. The Kier molecular flexibility index (Phi) is 7.61. The first-order chi connectivity index (χ1) is 10.7. The Morgan fingerprint density at radius 1 is 1.09 bits per heavy atom. The summed E-state index contributed by atoms with van der Waals surface area (Å²) >= 11 is 0. The third kappa shape index (κ3) is 5.84. The minimum atomic E-state index is -5.12. The van der Waals surface area contributed by atoms with Gasteiger partial charge in [0.15, 0.2) is 0 Å². The Morgan fingerprint density at radius 3 is 2.04 bits per heavy atom. The molecule has 0 fully saturated rings. The summed E-state index contributed by atoms with van der Waals surface area (Å²) < 4.78 is 38.9. The summed E-state index contributed by atoms with van der Waals surface area (Å²) in [5.41, 5.74) is 0.618. The van der Waals surface area contributed by atoms with Crippen molar-refractivity contribution in [3.63, 3.8) is 0 Å². The fourth-order valence-corrected chi connectivity index (χ4v) is 5.42. The third-order valence-corrected chi connectivity index (χ3v) is 7.32. The fraction of sp³-hybridized carbons (Fsp3) is 0.462. The smallest absolute Gasteiger partial charge is 0.357 e. The molecule has 2 N–H and O–H groups in total. The fourth-order valence-electron chi connectivity index (χ4n) is 1.79. The van der Waals surface area contributed by atoms with Crippen LogP contribution in [0.3, 0.4) is 0 Å². The molecule has 23 heavy (non-hydrogen) atoms. The molecule has 1 aromatic rings. The first-order valence-electron chi connectivity index (χ1n) is 6.89. The van der Waals surface area contributed by atoms with Crippen LogP contribution in [-0.4, -0.2) is 34.4 Å². The lowest BCUT2D eigenvalue weighted by atomic mass is 10.2. The van der Waals surface area contributed by atoms with Crippen molar-refractivity contribution in [2.75, 3.05) is 13.2 Å². The van der Waals surface area contributed by atoms with Crippen molar-refractivity contribution in [2.24, 2.45) is 0 Å². The van der Waals surface area contributed by atoms with Gasteiger partial charge in [0.1, 0.15) is 6.61 Å². The lowest BCUT2D eigenvalue weighted by Gasteiger charge is -2.25. The van der Waals surface area contributed by atoms with Gasteiger partial charge in [-0.25, -0.2) is 0 Å². The Hall–Kier alpha value is -1.01. The molecular weight excluding hydrogens is 346 g/mol. The summed E-state index contributed by atoms with van der Waals surface area (Å²) in [5.74, 6) is -1.33. The van der Waals surface area contributed by atoms with Gasteiger partial charge in [-0.3, -0.25) is 13.9 Å². The van der Waals surface area contributed by atoms with E-state index in [1.165, 1.54) is 13.8 Å². The predicted octanol–water partition coefficient (Wildman–Crippen LogP) is 2.50. The van der Waals surface area contributed by atoms with Gasteiger partial charge in [0.05, 0.1) is 13.2 Å². The number of esters is 1. The van der Waals surface area contributed by atoms with Gasteiger partial charge in [-0.2, -0.15) is 0 Å². The highest BCUT2D eigenvalue weighted by atomic mass is 31.2. The molecule has 10 heteroatoms. The molecule has 0 aliphatic heterocycles. The van der Waals surface area contributed by atoms with Crippen LogP contribution < -0.4 is 0 Å². The Morgan fingerprint density at radius 2 is 1.61 bits per heavy atom. The van der Waals surface area contributed by atoms with Crippen molar-refractivity contribution in [1.82, 2.24) is 0 Å². The SMILES string of the molecule is CCOP(=O)(OCC)C(C(=O)OCc1ccccc1)P(=O)(O)O. The Balaban J connectivity index is 2.99. The highest BCUT2D eigenvalue weighted by Gasteiger charge is 2.54. The van der Waals surface area contributed by atoms with Crippen LogP contribution >= 0.6 is 15.2 Å². The summed E-state index contributed by atoms with van der Waals surface area (Å²) in [5, 5.41) is -2.31. The van der Waals surface area contributed by atoms with E-state index in [2.05, 4.69) is 0 Å². The molecule has 0 aliphatic carbocycles. The van der Waals surface area contributed by atoms with Crippen molar-refractivity contribution < 1.29 is 37.5 Å². The van der Waals surface area contributed by atoms with Crippen molar-refractivity contribution >= 4 is 21.2 Å². The second-order valence-electron chi connectivity index (χ2n) is 4.43. The average Bonchev–Trinajstić information content (AvgIpc) is 2.45. The van der Waals surface area contributed by atoms with E-state index >= 15 is 0 Å². The lowest BCUT2D eigenvalue weighted by Crippen LogP contribution is -2.26. The van der Waals surface area contributed by atoms with Gasteiger partial charge in [0, 0.05) is 0 Å². The van der Waals surface area contributed by atoms with E-state index < -0.39 is 26.6 Å². The van der Waals surface area contributed by atoms with Crippen molar-refractivity contribution in [1.29, 1.82) is 0 Å². The molecule has 0 amide bonds. The second-order valence-corrected chi connectivity index (χ2v) is 8.65. The van der Waals surface area contributed by atoms with Gasteiger partial charge in [-0.15, -0.1) is 0 Å². The van der Waals surface area contributed by atoms with E-state index in [1.807, 2.05) is 0 Å². The molecule has 130 valence electrons. The largest absolute Gasteiger partial charge is 0.460 e. The monoisotopic (exact) mass is 366 g/mol. The van der Waals surface area contributed by atoms with Crippen LogP contribution in [0.5, 0.6) is 0 Å². The zero-order valence-corrected chi connectivity index (χ0v) is 14.6. The molecule has 0 aliphatic rings. The van der Waals surface area contributed by atoms with Crippen LogP contribution in [0.15, 0.2) is 30.3 Å². The molecule has 1 rings (SSSR count). The van der Waals surface area contributed by atoms with Crippen LogP contribution in [0.2, 0.25) is 0 Å². The first-order valence-corrected chi connectivity index (χ1v) is 10.2. The molecule has 0 radical (unpaired) electrons. The normalized spacial score (nSPS) is 13.6. The van der Waals surface area contributed by atoms with Gasteiger partial charge in [0.25, 0.3) is 5.40 Å². The van der Waals surface area contributed by atoms with Gasteiger partial charge in [-0.05, 0) is 19.4 Å². The predicted molar refractivity (Wildman–Crippen MR) is 82.9 cm³/mol. The second kappa shape index (κ2) is 8.73. The van der Waals surface area contributed by atoms with Crippen molar-refractivity contribution in [2.45, 2.75) is 25.9 Å². The van der Waals surface area contributed by atoms with E-state index in [0.29, 0.717) is 5.56 Å². The molecule has 0 saturated heterocycles. The van der Waals surface area contributed by atoms with Crippen molar-refractivity contribution in [3.8, 4) is 0 Å². The highest BCUT2D eigenvalue weighted by molar-refractivity contribution is 7.73. The zero-order chi connectivity index (χ0) is 17.5. The Bertz CT molecular complexity index is 587. The van der Waals surface area contributed by atoms with Crippen LogP contribution in [-0.2, 0) is 34.3 Å². The zero-order valence-electron chi connectivity index (χ0n) is 12.8. The molecule has 0 aromatic heterocycles. The molecule has 1 atom stereocenters.